The molecular weight excluding hydrogens is 784 g/mol. The Bertz CT molecular complexity index is 2110. The standard InChI is InChI=1S/C40H50F3N5O9S/c1-24-31(55-3)13-12-27-32(19-33(45-34(24)27)56-23-40(41,42)43)57-26-18-29-30(49)21-39(36(51)46-58(53,54)38(2)14-15-38)20-25(39)10-7-5-4-6-8-11-28(35(50)48(29)22-26)44-37(52)47-16-9-17-47/h7,10,12-13,19,25-26,28-29H,4-6,8-9,11,14-18,20-23H2,1-3H3,(H,44,52)(H,46,51)/b10-7-/t25-,26-,28+,29+,39-/m1/s1. The van der Waals surface area contributed by atoms with E-state index in [0.717, 1.165) is 19.3 Å². The number of ketones is 1. The Morgan fingerprint density at radius 3 is 2.50 bits per heavy atom. The number of nitrogens with zero attached hydrogens (tertiary/aromatic N) is 3. The van der Waals surface area contributed by atoms with Crippen LogP contribution in [-0.2, 0) is 24.4 Å². The van der Waals surface area contributed by atoms with Crippen LogP contribution in [-0.4, -0.2) is 109 Å². The SMILES string of the molecule is COc1ccc2c(O[C@@H]3C[C@H]4C(=O)C[C@]5(C(=O)NS(=O)(=O)C6(C)CC6)C[C@H]5/C=C\CCCCC[C@H](NC(=O)N5CCC5)C(=O)N4C3)cc(OCC(F)(F)F)nc2c1C. The summed E-state index contributed by atoms with van der Waals surface area (Å²) in [6.07, 6.45) is 2.94. The Labute approximate surface area is 335 Å². The average molecular weight is 834 g/mol. The van der Waals surface area contributed by atoms with Gasteiger partial charge in [-0.15, -0.1) is 0 Å². The molecule has 3 aliphatic heterocycles. The van der Waals surface area contributed by atoms with Crippen molar-refractivity contribution in [3.8, 4) is 17.4 Å². The number of allylic oxidation sites excluding steroid dienone is 2. The number of sulfonamides is 1. The van der Waals surface area contributed by atoms with E-state index in [1.807, 2.05) is 12.2 Å². The van der Waals surface area contributed by atoms with Crippen molar-refractivity contribution < 1.29 is 55.0 Å². The number of halogens is 3. The summed E-state index contributed by atoms with van der Waals surface area (Å²) in [6, 6.07) is 2.04. The number of aryl methyl sites for hydroxylation is 1. The first-order valence-electron chi connectivity index (χ1n) is 19.9. The van der Waals surface area contributed by atoms with Gasteiger partial charge < -0.3 is 29.3 Å². The molecule has 5 atom stereocenters. The molecule has 0 spiro atoms. The number of fused-ring (bicyclic) bond motifs is 3. The zero-order valence-corrected chi connectivity index (χ0v) is 33.7. The summed E-state index contributed by atoms with van der Waals surface area (Å²) >= 11 is 0. The minimum atomic E-state index is -4.65. The summed E-state index contributed by atoms with van der Waals surface area (Å²) in [7, 11) is -2.57. The van der Waals surface area contributed by atoms with Crippen LogP contribution < -0.4 is 24.2 Å². The summed E-state index contributed by atoms with van der Waals surface area (Å²) in [6.45, 7) is 2.64. The zero-order valence-electron chi connectivity index (χ0n) is 32.9. The number of amides is 4. The molecule has 18 heteroatoms. The van der Waals surface area contributed by atoms with Gasteiger partial charge in [-0.3, -0.25) is 19.1 Å². The van der Waals surface area contributed by atoms with Crippen LogP contribution in [0.2, 0.25) is 0 Å². The number of likely N-dealkylation sites (tertiary alicyclic amines) is 1. The van der Waals surface area contributed by atoms with Gasteiger partial charge in [0.15, 0.2) is 12.4 Å². The number of rotatable bonds is 9. The average Bonchev–Trinajstić information content (AvgIpc) is 4.02. The molecule has 316 valence electrons. The fourth-order valence-electron chi connectivity index (χ4n) is 8.13. The monoisotopic (exact) mass is 833 g/mol. The van der Waals surface area contributed by atoms with Gasteiger partial charge in [0.2, 0.25) is 27.7 Å². The minimum absolute atomic E-state index is 0.0520. The summed E-state index contributed by atoms with van der Waals surface area (Å²) < 4.78 is 84.2. The highest BCUT2D eigenvalue weighted by molar-refractivity contribution is 7.91. The number of carbonyl (C=O) groups is 4. The van der Waals surface area contributed by atoms with E-state index in [1.165, 1.54) is 18.1 Å². The predicted octanol–water partition coefficient (Wildman–Crippen LogP) is 5.11. The lowest BCUT2D eigenvalue weighted by atomic mass is 9.91. The van der Waals surface area contributed by atoms with Gasteiger partial charge in [0, 0.05) is 42.9 Å². The lowest BCUT2D eigenvalue weighted by Crippen LogP contribution is -2.56. The molecule has 2 saturated heterocycles. The molecule has 2 aromatic rings. The van der Waals surface area contributed by atoms with Crippen molar-refractivity contribution in [1.82, 2.24) is 24.8 Å². The van der Waals surface area contributed by atoms with Crippen molar-refractivity contribution in [1.29, 1.82) is 0 Å². The Morgan fingerprint density at radius 2 is 1.83 bits per heavy atom. The number of alkyl halides is 3. The Morgan fingerprint density at radius 1 is 1.07 bits per heavy atom. The molecule has 7 rings (SSSR count). The zero-order chi connectivity index (χ0) is 41.6. The Balaban J connectivity index is 1.22. The molecule has 1 aromatic carbocycles. The van der Waals surface area contributed by atoms with Crippen molar-refractivity contribution in [3.63, 3.8) is 0 Å². The number of hydrogen-bond donors (Lipinski definition) is 2. The molecule has 4 fully saturated rings. The smallest absolute Gasteiger partial charge is 0.422 e. The molecule has 2 N–H and O–H groups in total. The van der Waals surface area contributed by atoms with Gasteiger partial charge in [-0.1, -0.05) is 25.0 Å². The van der Waals surface area contributed by atoms with Crippen LogP contribution in [0.4, 0.5) is 18.0 Å². The van der Waals surface area contributed by atoms with E-state index in [9.17, 15) is 40.8 Å². The normalized spacial score (nSPS) is 27.9. The first-order valence-corrected chi connectivity index (χ1v) is 21.4. The molecular formula is C40H50F3N5O9S. The fourth-order valence-corrected chi connectivity index (χ4v) is 9.47. The van der Waals surface area contributed by atoms with E-state index >= 15 is 0 Å². The highest BCUT2D eigenvalue weighted by atomic mass is 32.2. The highest BCUT2D eigenvalue weighted by Crippen LogP contribution is 2.57. The second-order valence-electron chi connectivity index (χ2n) is 16.5. The number of hydrogen-bond acceptors (Lipinski definition) is 10. The van der Waals surface area contributed by atoms with Gasteiger partial charge in [-0.05, 0) is 76.8 Å². The molecule has 2 aliphatic carbocycles. The van der Waals surface area contributed by atoms with Crippen LogP contribution in [0.3, 0.4) is 0 Å². The Kier molecular flexibility index (Phi) is 11.4. The van der Waals surface area contributed by atoms with Crippen LogP contribution in [0.1, 0.15) is 83.1 Å². The first-order chi connectivity index (χ1) is 27.4. The van der Waals surface area contributed by atoms with E-state index in [4.69, 9.17) is 14.2 Å². The number of carbonyl (C=O) groups excluding carboxylic acids is 4. The minimum Gasteiger partial charge on any atom is -0.496 e. The number of urea groups is 1. The number of methoxy groups -OCH3 is 1. The third-order valence-electron chi connectivity index (χ3n) is 12.3. The molecule has 4 amide bonds. The summed E-state index contributed by atoms with van der Waals surface area (Å²) in [5.41, 5.74) is -0.576. The van der Waals surface area contributed by atoms with Gasteiger partial charge in [0.25, 0.3) is 0 Å². The maximum absolute atomic E-state index is 14.6. The van der Waals surface area contributed by atoms with Crippen LogP contribution in [0.15, 0.2) is 30.4 Å². The third kappa shape index (κ3) is 8.57. The number of ether oxygens (including phenoxy) is 3. The second kappa shape index (κ2) is 15.9. The van der Waals surface area contributed by atoms with E-state index in [0.29, 0.717) is 61.9 Å². The van der Waals surface area contributed by atoms with Gasteiger partial charge in [0.05, 0.1) is 35.4 Å². The van der Waals surface area contributed by atoms with E-state index in [1.54, 1.807) is 30.9 Å². The predicted molar refractivity (Wildman–Crippen MR) is 205 cm³/mol. The van der Waals surface area contributed by atoms with Crippen LogP contribution in [0.5, 0.6) is 17.4 Å². The molecule has 1 aromatic heterocycles. The van der Waals surface area contributed by atoms with Gasteiger partial charge >= 0.3 is 12.2 Å². The summed E-state index contributed by atoms with van der Waals surface area (Å²) in [4.78, 5) is 63.6. The van der Waals surface area contributed by atoms with Crippen molar-refractivity contribution in [2.75, 3.05) is 33.4 Å². The molecule has 58 heavy (non-hydrogen) atoms. The maximum atomic E-state index is 14.6. The molecule has 0 unspecified atom stereocenters. The number of nitrogens with one attached hydrogen (secondary N) is 2. The number of aromatic nitrogens is 1. The van der Waals surface area contributed by atoms with Crippen LogP contribution >= 0.6 is 0 Å². The quantitative estimate of drug-likeness (QED) is 0.324. The lowest BCUT2D eigenvalue weighted by Gasteiger charge is -2.34. The number of pyridine rings is 1. The fraction of sp³-hybridized carbons (Fsp3) is 0.625. The van der Waals surface area contributed by atoms with Crippen LogP contribution in [0.25, 0.3) is 10.9 Å². The highest BCUT2D eigenvalue weighted by Gasteiger charge is 2.62. The van der Waals surface area contributed by atoms with Crippen molar-refractivity contribution in [2.45, 2.75) is 114 Å². The van der Waals surface area contributed by atoms with Gasteiger partial charge in [0.1, 0.15) is 23.6 Å². The van der Waals surface area contributed by atoms with E-state index in [2.05, 4.69) is 15.0 Å². The molecule has 4 heterocycles. The largest absolute Gasteiger partial charge is 0.496 e. The van der Waals surface area contributed by atoms with Crippen molar-refractivity contribution in [2.24, 2.45) is 11.3 Å². The number of Topliss-reactive ketones (excluding diaryl/α,β-unsaturated/α-hetero) is 1. The van der Waals surface area contributed by atoms with Gasteiger partial charge in [-0.25, -0.2) is 18.2 Å². The molecule has 0 radical (unpaired) electrons. The van der Waals surface area contributed by atoms with E-state index in [-0.39, 0.29) is 49.0 Å². The van der Waals surface area contributed by atoms with E-state index < -0.39 is 74.7 Å². The Hall–Kier alpha value is -4.61. The topological polar surface area (TPSA) is 174 Å². The molecule has 5 aliphatic rings. The maximum Gasteiger partial charge on any atom is 0.422 e. The van der Waals surface area contributed by atoms with Crippen molar-refractivity contribution in [3.05, 3.63) is 35.9 Å². The summed E-state index contributed by atoms with van der Waals surface area (Å²) in [5, 5.41) is 3.31. The lowest BCUT2D eigenvalue weighted by molar-refractivity contribution is -0.154. The first kappa shape index (κ1) is 41.5. The van der Waals surface area contributed by atoms with Crippen LogP contribution in [0, 0.1) is 18.3 Å². The van der Waals surface area contributed by atoms with Crippen molar-refractivity contribution >= 4 is 44.6 Å². The summed E-state index contributed by atoms with van der Waals surface area (Å²) in [5.74, 6) is -1.96. The molecule has 14 nitrogen and oxygen atoms in total. The third-order valence-corrected chi connectivity index (χ3v) is 14.5. The molecule has 2 saturated carbocycles. The van der Waals surface area contributed by atoms with Gasteiger partial charge in [-0.2, -0.15) is 13.2 Å². The molecule has 0 bridgehead atoms. The second-order valence-corrected chi connectivity index (χ2v) is 18.7. The number of benzene rings is 1.